The minimum atomic E-state index is -0.768. The van der Waals surface area contributed by atoms with Crippen molar-refractivity contribution in [2.24, 2.45) is 0 Å². The molecule has 2 aliphatic rings. The zero-order valence-corrected chi connectivity index (χ0v) is 15.3. The van der Waals surface area contributed by atoms with Crippen molar-refractivity contribution in [1.29, 1.82) is 0 Å². The van der Waals surface area contributed by atoms with Gasteiger partial charge in [-0.1, -0.05) is 44.2 Å². The zero-order valence-electron chi connectivity index (χ0n) is 15.3. The molecule has 2 aromatic carbocycles. The number of carbonyl (C=O) groups is 1. The first kappa shape index (κ1) is 17.3. The maximum Gasteiger partial charge on any atom is 0.276 e. The Morgan fingerprint density at radius 1 is 1.15 bits per heavy atom. The van der Waals surface area contributed by atoms with Crippen LogP contribution in [0.25, 0.3) is 6.08 Å². The average Bonchev–Trinajstić information content (AvgIpc) is 2.85. The Balaban J connectivity index is 1.86. The second-order valence-corrected chi connectivity index (χ2v) is 7.51. The summed E-state index contributed by atoms with van der Waals surface area (Å²) >= 11 is 0. The Labute approximate surface area is 157 Å². The maximum absolute atomic E-state index is 12.4. The molecule has 0 aromatic heterocycles. The van der Waals surface area contributed by atoms with Gasteiger partial charge in [-0.05, 0) is 29.8 Å². The molecule has 2 aromatic rings. The molecule has 0 unspecified atom stereocenters. The van der Waals surface area contributed by atoms with Crippen molar-refractivity contribution in [2.75, 3.05) is 11.4 Å². The summed E-state index contributed by atoms with van der Waals surface area (Å²) in [5.74, 6) is -0.0145. The molecule has 1 N–H and O–H groups in total. The summed E-state index contributed by atoms with van der Waals surface area (Å²) in [5.41, 5.74) is 1.64. The molecule has 6 heteroatoms. The van der Waals surface area contributed by atoms with E-state index in [1.165, 1.54) is 6.07 Å². The first-order chi connectivity index (χ1) is 12.9. The number of hydrogen-bond acceptors (Lipinski definition) is 4. The summed E-state index contributed by atoms with van der Waals surface area (Å²) in [6.45, 7) is 4.80. The van der Waals surface area contributed by atoms with Gasteiger partial charge in [0.1, 0.15) is 5.66 Å². The SMILES string of the molecule is CC1(C)c2ccccc2N2CCC(=O)N[C@@]21/C=C/c1ccccc1[N+](=O)[O-]. The fourth-order valence-corrected chi connectivity index (χ4v) is 4.32. The smallest absolute Gasteiger partial charge is 0.276 e. The minimum absolute atomic E-state index is 0.0145. The Bertz CT molecular complexity index is 967. The van der Waals surface area contributed by atoms with E-state index in [4.69, 9.17) is 0 Å². The van der Waals surface area contributed by atoms with Gasteiger partial charge in [0.2, 0.25) is 5.91 Å². The maximum atomic E-state index is 12.4. The second kappa shape index (κ2) is 5.94. The van der Waals surface area contributed by atoms with Crippen LogP contribution >= 0.6 is 0 Å². The molecule has 4 rings (SSSR count). The van der Waals surface area contributed by atoms with Crippen molar-refractivity contribution in [3.63, 3.8) is 0 Å². The van der Waals surface area contributed by atoms with Crippen molar-refractivity contribution in [1.82, 2.24) is 5.32 Å². The third kappa shape index (κ3) is 2.44. The number of rotatable bonds is 3. The summed E-state index contributed by atoms with van der Waals surface area (Å²) in [4.78, 5) is 25.5. The number of hydrogen-bond donors (Lipinski definition) is 1. The van der Waals surface area contributed by atoms with Crippen LogP contribution in [0.5, 0.6) is 0 Å². The summed E-state index contributed by atoms with van der Waals surface area (Å²) in [5, 5.41) is 14.5. The summed E-state index contributed by atoms with van der Waals surface area (Å²) in [6, 6.07) is 14.8. The normalized spacial score (nSPS) is 23.0. The van der Waals surface area contributed by atoms with Crippen LogP contribution in [0.15, 0.2) is 54.6 Å². The molecular formula is C21H21N3O3. The van der Waals surface area contributed by atoms with Gasteiger partial charge in [0.25, 0.3) is 5.69 Å². The number of nitrogens with one attached hydrogen (secondary N) is 1. The molecule has 0 spiro atoms. The Morgan fingerprint density at radius 3 is 2.63 bits per heavy atom. The lowest BCUT2D eigenvalue weighted by molar-refractivity contribution is -0.385. The lowest BCUT2D eigenvalue weighted by Crippen LogP contribution is -2.68. The highest BCUT2D eigenvalue weighted by Gasteiger charge is 2.57. The van der Waals surface area contributed by atoms with Crippen molar-refractivity contribution >= 4 is 23.4 Å². The molecule has 0 bridgehead atoms. The summed E-state index contributed by atoms with van der Waals surface area (Å²) < 4.78 is 0. The van der Waals surface area contributed by atoms with Crippen LogP contribution < -0.4 is 10.2 Å². The molecule has 6 nitrogen and oxygen atoms in total. The predicted molar refractivity (Wildman–Crippen MR) is 104 cm³/mol. The van der Waals surface area contributed by atoms with Crippen LogP contribution in [0.4, 0.5) is 11.4 Å². The molecule has 1 saturated heterocycles. The van der Waals surface area contributed by atoms with Gasteiger partial charge in [-0.25, -0.2) is 0 Å². The van der Waals surface area contributed by atoms with Crippen molar-refractivity contribution in [2.45, 2.75) is 31.3 Å². The van der Waals surface area contributed by atoms with E-state index in [0.717, 1.165) is 11.3 Å². The molecule has 1 fully saturated rings. The summed E-state index contributed by atoms with van der Waals surface area (Å²) in [6.07, 6.45) is 4.09. The van der Waals surface area contributed by atoms with Crippen molar-refractivity contribution < 1.29 is 9.72 Å². The number of nitro benzene ring substituents is 1. The Morgan fingerprint density at radius 2 is 1.85 bits per heavy atom. The van der Waals surface area contributed by atoms with Gasteiger partial charge in [0.05, 0.1) is 10.5 Å². The fraction of sp³-hybridized carbons (Fsp3) is 0.286. The topological polar surface area (TPSA) is 75.5 Å². The number of benzene rings is 2. The predicted octanol–water partition coefficient (Wildman–Crippen LogP) is 3.62. The summed E-state index contributed by atoms with van der Waals surface area (Å²) in [7, 11) is 0. The Hall–Kier alpha value is -3.15. The van der Waals surface area contributed by atoms with Gasteiger partial charge in [0.15, 0.2) is 0 Å². The highest BCUT2D eigenvalue weighted by molar-refractivity contribution is 5.84. The number of anilines is 1. The average molecular weight is 363 g/mol. The van der Waals surface area contributed by atoms with Crippen LogP contribution in [0, 0.1) is 10.1 Å². The largest absolute Gasteiger partial charge is 0.344 e. The van der Waals surface area contributed by atoms with Gasteiger partial charge in [0, 0.05) is 30.1 Å². The first-order valence-corrected chi connectivity index (χ1v) is 8.98. The van der Waals surface area contributed by atoms with Crippen LogP contribution in [-0.2, 0) is 10.2 Å². The van der Waals surface area contributed by atoms with Gasteiger partial charge in [-0.3, -0.25) is 14.9 Å². The zero-order chi connectivity index (χ0) is 19.2. The number of para-hydroxylation sites is 2. The van der Waals surface area contributed by atoms with E-state index in [0.29, 0.717) is 18.5 Å². The van der Waals surface area contributed by atoms with Gasteiger partial charge in [-0.15, -0.1) is 0 Å². The minimum Gasteiger partial charge on any atom is -0.344 e. The molecule has 2 heterocycles. The molecule has 1 amide bonds. The van der Waals surface area contributed by atoms with Gasteiger partial charge in [-0.2, -0.15) is 0 Å². The first-order valence-electron chi connectivity index (χ1n) is 8.98. The standard InChI is InChI=1S/C21H21N3O3/c1-20(2)16-8-4-6-10-18(16)23-14-12-19(25)22-21(20,23)13-11-15-7-3-5-9-17(15)24(26)27/h3-11,13H,12,14H2,1-2H3,(H,22,25)/b13-11+/t21-/m0/s1. The van der Waals surface area contributed by atoms with E-state index in [2.05, 4.69) is 36.2 Å². The lowest BCUT2D eigenvalue weighted by Gasteiger charge is -2.49. The lowest BCUT2D eigenvalue weighted by atomic mass is 9.74. The highest BCUT2D eigenvalue weighted by Crippen LogP contribution is 2.52. The van der Waals surface area contributed by atoms with Gasteiger partial charge >= 0.3 is 0 Å². The number of amides is 1. The second-order valence-electron chi connectivity index (χ2n) is 7.51. The number of carbonyl (C=O) groups excluding carboxylic acids is 1. The molecule has 0 saturated carbocycles. The van der Waals surface area contributed by atoms with Gasteiger partial charge < -0.3 is 10.2 Å². The van der Waals surface area contributed by atoms with E-state index in [9.17, 15) is 14.9 Å². The molecule has 0 radical (unpaired) electrons. The number of fused-ring (bicyclic) bond motifs is 3. The van der Waals surface area contributed by atoms with Crippen LogP contribution in [0.2, 0.25) is 0 Å². The quantitative estimate of drug-likeness (QED) is 0.667. The number of nitro groups is 1. The molecule has 27 heavy (non-hydrogen) atoms. The molecule has 0 aliphatic carbocycles. The molecule has 138 valence electrons. The third-order valence-corrected chi connectivity index (χ3v) is 5.78. The van der Waals surface area contributed by atoms with E-state index >= 15 is 0 Å². The Kier molecular flexibility index (Phi) is 3.80. The third-order valence-electron chi connectivity index (χ3n) is 5.78. The number of nitrogens with zero attached hydrogens (tertiary/aromatic N) is 2. The molecular weight excluding hydrogens is 342 g/mol. The highest BCUT2D eigenvalue weighted by atomic mass is 16.6. The molecule has 1 atom stereocenters. The van der Waals surface area contributed by atoms with E-state index in [1.807, 2.05) is 18.2 Å². The van der Waals surface area contributed by atoms with Crippen molar-refractivity contribution in [3.8, 4) is 0 Å². The van der Waals surface area contributed by atoms with E-state index in [-0.39, 0.29) is 16.5 Å². The molecule has 2 aliphatic heterocycles. The van der Waals surface area contributed by atoms with Crippen molar-refractivity contribution in [3.05, 3.63) is 75.8 Å². The van der Waals surface area contributed by atoms with E-state index < -0.39 is 11.1 Å². The van der Waals surface area contributed by atoms with Crippen LogP contribution in [0.1, 0.15) is 31.4 Å². The monoisotopic (exact) mass is 363 g/mol. The van der Waals surface area contributed by atoms with Crippen LogP contribution in [0.3, 0.4) is 0 Å². The van der Waals surface area contributed by atoms with Crippen LogP contribution in [-0.4, -0.2) is 23.0 Å². The van der Waals surface area contributed by atoms with E-state index in [1.54, 1.807) is 24.3 Å². The fourth-order valence-electron chi connectivity index (χ4n) is 4.32.